The number of hydrogen-bond acceptors (Lipinski definition) is 5. The van der Waals surface area contributed by atoms with E-state index in [9.17, 15) is 5.26 Å². The third-order valence-electron chi connectivity index (χ3n) is 6.43. The normalized spacial score (nSPS) is 23.8. The summed E-state index contributed by atoms with van der Waals surface area (Å²) in [6.07, 6.45) is 8.34. The molecule has 0 bridgehead atoms. The van der Waals surface area contributed by atoms with Crippen molar-refractivity contribution in [2.24, 2.45) is 0 Å². The van der Waals surface area contributed by atoms with Gasteiger partial charge in [0.25, 0.3) is 0 Å². The van der Waals surface area contributed by atoms with Crippen molar-refractivity contribution in [3.8, 4) is 6.07 Å². The van der Waals surface area contributed by atoms with Gasteiger partial charge < -0.3 is 14.7 Å². The third kappa shape index (κ3) is 3.05. The van der Waals surface area contributed by atoms with E-state index in [0.29, 0.717) is 6.04 Å². The first-order chi connectivity index (χ1) is 12.7. The molecule has 1 unspecified atom stereocenters. The van der Waals surface area contributed by atoms with Crippen molar-refractivity contribution in [3.05, 3.63) is 16.7 Å². The molecule has 1 atom stereocenters. The van der Waals surface area contributed by atoms with E-state index in [0.717, 1.165) is 56.9 Å². The Labute approximate surface area is 157 Å². The van der Waals surface area contributed by atoms with Crippen LogP contribution in [0.1, 0.15) is 62.1 Å². The summed E-state index contributed by atoms with van der Waals surface area (Å²) in [6.45, 7) is 7.46. The summed E-state index contributed by atoms with van der Waals surface area (Å²) in [5.74, 6) is 2.14. The van der Waals surface area contributed by atoms with Crippen LogP contribution in [0.15, 0.2) is 0 Å². The minimum atomic E-state index is 0.527. The summed E-state index contributed by atoms with van der Waals surface area (Å²) in [5.41, 5.74) is 3.44. The van der Waals surface area contributed by atoms with Gasteiger partial charge in [0.15, 0.2) is 0 Å². The Morgan fingerprint density at radius 3 is 2.54 bits per heavy atom. The molecule has 140 valence electrons. The summed E-state index contributed by atoms with van der Waals surface area (Å²) in [5, 5.41) is 10.0. The number of aromatic nitrogens is 1. The van der Waals surface area contributed by atoms with E-state index in [2.05, 4.69) is 34.7 Å². The van der Waals surface area contributed by atoms with E-state index in [-0.39, 0.29) is 0 Å². The molecule has 0 saturated carbocycles. The second-order valence-electron chi connectivity index (χ2n) is 8.14. The lowest BCUT2D eigenvalue weighted by Crippen LogP contribution is -2.41. The third-order valence-corrected chi connectivity index (χ3v) is 6.43. The quantitative estimate of drug-likeness (QED) is 0.834. The van der Waals surface area contributed by atoms with Gasteiger partial charge in [-0.15, -0.1) is 0 Å². The van der Waals surface area contributed by atoms with Gasteiger partial charge in [0.1, 0.15) is 17.7 Å². The molecule has 1 aromatic heterocycles. The molecule has 5 nitrogen and oxygen atoms in total. The standard InChI is InChI=1S/C21H31N5/c1-3-16-8-4-5-12-26(16)21-18(14-22)17-9-13-24(2)15-19(17)20(23-21)25-10-6-7-11-25/h16H,3-13,15H2,1-2H3. The molecule has 4 heterocycles. The van der Waals surface area contributed by atoms with Crippen molar-refractivity contribution < 1.29 is 0 Å². The molecule has 0 aliphatic carbocycles. The fraction of sp³-hybridized carbons (Fsp3) is 0.714. The average molecular weight is 354 g/mol. The Hall–Kier alpha value is -1.80. The van der Waals surface area contributed by atoms with Gasteiger partial charge in [-0.3, -0.25) is 0 Å². The molecule has 26 heavy (non-hydrogen) atoms. The van der Waals surface area contributed by atoms with Gasteiger partial charge in [0.2, 0.25) is 0 Å². The van der Waals surface area contributed by atoms with Crippen molar-refractivity contribution in [2.45, 2.75) is 64.5 Å². The molecule has 0 spiro atoms. The molecular formula is C21H31N5. The minimum Gasteiger partial charge on any atom is -0.356 e. The minimum absolute atomic E-state index is 0.527. The van der Waals surface area contributed by atoms with Crippen LogP contribution < -0.4 is 9.80 Å². The number of nitrogens with zero attached hydrogens (tertiary/aromatic N) is 5. The second kappa shape index (κ2) is 7.44. The number of fused-ring (bicyclic) bond motifs is 1. The molecule has 0 aromatic carbocycles. The largest absolute Gasteiger partial charge is 0.356 e. The number of anilines is 2. The molecule has 4 rings (SSSR count). The second-order valence-corrected chi connectivity index (χ2v) is 8.14. The summed E-state index contributed by atoms with van der Waals surface area (Å²) < 4.78 is 0. The Morgan fingerprint density at radius 1 is 1.04 bits per heavy atom. The van der Waals surface area contributed by atoms with Gasteiger partial charge in [-0.2, -0.15) is 5.26 Å². The monoisotopic (exact) mass is 353 g/mol. The maximum absolute atomic E-state index is 10.0. The highest BCUT2D eigenvalue weighted by Crippen LogP contribution is 2.38. The smallest absolute Gasteiger partial charge is 0.149 e. The lowest BCUT2D eigenvalue weighted by atomic mass is 9.93. The van der Waals surface area contributed by atoms with E-state index < -0.39 is 0 Å². The number of piperidine rings is 1. The summed E-state index contributed by atoms with van der Waals surface area (Å²) in [6, 6.07) is 3.08. The molecule has 0 radical (unpaired) electrons. The molecule has 2 fully saturated rings. The highest BCUT2D eigenvalue weighted by atomic mass is 15.3. The molecule has 5 heteroatoms. The first-order valence-corrected chi connectivity index (χ1v) is 10.4. The van der Waals surface area contributed by atoms with Crippen LogP contribution in [0.3, 0.4) is 0 Å². The summed E-state index contributed by atoms with van der Waals surface area (Å²) >= 11 is 0. The van der Waals surface area contributed by atoms with Crippen LogP contribution in [0, 0.1) is 11.3 Å². The average Bonchev–Trinajstić information content (AvgIpc) is 3.21. The summed E-state index contributed by atoms with van der Waals surface area (Å²) in [7, 11) is 2.18. The zero-order valence-electron chi connectivity index (χ0n) is 16.3. The van der Waals surface area contributed by atoms with Crippen LogP contribution in [-0.2, 0) is 13.0 Å². The van der Waals surface area contributed by atoms with Gasteiger partial charge in [-0.25, -0.2) is 4.98 Å². The number of pyridine rings is 1. The highest BCUT2D eigenvalue weighted by molar-refractivity contribution is 5.68. The summed E-state index contributed by atoms with van der Waals surface area (Å²) in [4.78, 5) is 12.5. The molecule has 0 amide bonds. The van der Waals surface area contributed by atoms with Crippen LogP contribution in [-0.4, -0.2) is 49.2 Å². The van der Waals surface area contributed by atoms with Gasteiger partial charge in [-0.05, 0) is 57.6 Å². The van der Waals surface area contributed by atoms with E-state index in [1.165, 1.54) is 49.0 Å². The fourth-order valence-electron chi connectivity index (χ4n) is 4.96. The van der Waals surface area contributed by atoms with Gasteiger partial charge >= 0.3 is 0 Å². The van der Waals surface area contributed by atoms with Crippen LogP contribution in [0.4, 0.5) is 11.6 Å². The molecule has 0 N–H and O–H groups in total. The van der Waals surface area contributed by atoms with Crippen molar-refractivity contribution in [2.75, 3.05) is 43.0 Å². The van der Waals surface area contributed by atoms with Crippen molar-refractivity contribution in [1.29, 1.82) is 5.26 Å². The maximum atomic E-state index is 10.0. The lowest BCUT2D eigenvalue weighted by molar-refractivity contribution is 0.312. The zero-order valence-corrected chi connectivity index (χ0v) is 16.3. The van der Waals surface area contributed by atoms with Crippen LogP contribution in [0.5, 0.6) is 0 Å². The number of likely N-dealkylation sites (N-methyl/N-ethyl adjacent to an activating group) is 1. The van der Waals surface area contributed by atoms with Crippen LogP contribution in [0.2, 0.25) is 0 Å². The molecule has 2 saturated heterocycles. The van der Waals surface area contributed by atoms with E-state index in [1.54, 1.807) is 0 Å². The predicted molar refractivity (Wildman–Crippen MR) is 106 cm³/mol. The van der Waals surface area contributed by atoms with E-state index in [4.69, 9.17) is 4.98 Å². The Kier molecular flexibility index (Phi) is 5.04. The van der Waals surface area contributed by atoms with Crippen LogP contribution in [0.25, 0.3) is 0 Å². The Morgan fingerprint density at radius 2 is 1.81 bits per heavy atom. The van der Waals surface area contributed by atoms with Crippen LogP contribution >= 0.6 is 0 Å². The van der Waals surface area contributed by atoms with Gasteiger partial charge in [0, 0.05) is 44.3 Å². The molecular weight excluding hydrogens is 322 g/mol. The molecule has 1 aromatic rings. The molecule has 3 aliphatic heterocycles. The number of rotatable bonds is 3. The highest BCUT2D eigenvalue weighted by Gasteiger charge is 2.32. The number of hydrogen-bond donors (Lipinski definition) is 0. The number of nitriles is 1. The topological polar surface area (TPSA) is 46.4 Å². The first-order valence-electron chi connectivity index (χ1n) is 10.4. The van der Waals surface area contributed by atoms with Gasteiger partial charge in [-0.1, -0.05) is 6.92 Å². The first kappa shape index (κ1) is 17.6. The SMILES string of the molecule is CCC1CCCCN1c1nc(N2CCCC2)c2c(c1C#N)CCN(C)C2. The van der Waals surface area contributed by atoms with Crippen molar-refractivity contribution in [1.82, 2.24) is 9.88 Å². The molecule has 3 aliphatic rings. The van der Waals surface area contributed by atoms with Crippen molar-refractivity contribution in [3.63, 3.8) is 0 Å². The Bertz CT molecular complexity index is 701. The van der Waals surface area contributed by atoms with Crippen molar-refractivity contribution >= 4 is 11.6 Å². The van der Waals surface area contributed by atoms with E-state index >= 15 is 0 Å². The van der Waals surface area contributed by atoms with Gasteiger partial charge in [0.05, 0.1) is 5.56 Å². The fourth-order valence-corrected chi connectivity index (χ4v) is 4.96. The predicted octanol–water partition coefficient (Wildman–Crippen LogP) is 3.31. The lowest BCUT2D eigenvalue weighted by Gasteiger charge is -2.39. The Balaban J connectivity index is 1.85. The zero-order chi connectivity index (χ0) is 18.1. The van der Waals surface area contributed by atoms with E-state index in [1.807, 2.05) is 0 Å². The maximum Gasteiger partial charge on any atom is 0.149 e.